The maximum absolute atomic E-state index is 11.0. The van der Waals surface area contributed by atoms with Gasteiger partial charge in [-0.3, -0.25) is 9.59 Å². The summed E-state index contributed by atoms with van der Waals surface area (Å²) in [6, 6.07) is 0. The van der Waals surface area contributed by atoms with Gasteiger partial charge in [-0.2, -0.15) is 0 Å². The van der Waals surface area contributed by atoms with Crippen LogP contribution in [0.15, 0.2) is 48.0 Å². The smallest absolute Gasteiger partial charge is 0.512 e. The van der Waals surface area contributed by atoms with Gasteiger partial charge < -0.3 is 25.1 Å². The molecule has 0 aromatic carbocycles. The Kier molecular flexibility index (Phi) is 18.4. The van der Waals surface area contributed by atoms with Crippen molar-refractivity contribution in [1.29, 1.82) is 0 Å². The molecule has 174 valence electrons. The molecule has 0 amide bonds. The van der Waals surface area contributed by atoms with Gasteiger partial charge in [-0.05, 0) is 32.1 Å². The van der Waals surface area contributed by atoms with Crippen LogP contribution in [0.25, 0.3) is 0 Å². The van der Waals surface area contributed by atoms with E-state index in [4.69, 9.17) is 10.2 Å². The summed E-state index contributed by atoms with van der Waals surface area (Å²) < 4.78 is 0. The minimum absolute atomic E-state index is 0. The van der Waals surface area contributed by atoms with Crippen molar-refractivity contribution in [2.45, 2.75) is 61.8 Å². The van der Waals surface area contributed by atoms with E-state index in [0.717, 1.165) is 11.8 Å². The van der Waals surface area contributed by atoms with Gasteiger partial charge in [0.25, 0.3) is 0 Å². The number of carbonyl (C=O) groups is 2. The molecule has 0 spiro atoms. The van der Waals surface area contributed by atoms with Crippen molar-refractivity contribution >= 4 is 11.6 Å². The molecule has 2 rings (SSSR count). The van der Waals surface area contributed by atoms with Crippen LogP contribution in [-0.2, 0) is 29.1 Å². The number of hydrogen-bond acceptors (Lipinski definition) is 4. The zero-order valence-electron chi connectivity index (χ0n) is 20.4. The van der Waals surface area contributed by atoms with Crippen LogP contribution in [0.2, 0.25) is 0 Å². The SMILES string of the molecule is C1=CC2C=CC1C2.CC(O)=CC(=O)C(C)(C)C.CC(O)=CC(=O)C(C)(C)C.[CH3-].[CH3-].[Ru+2]. The first-order valence-corrected chi connectivity index (χ1v) is 9.33. The van der Waals surface area contributed by atoms with Gasteiger partial charge in [-0.15, -0.1) is 0 Å². The standard InChI is InChI=1S/2C8H14O2.C7H8.2CH3.Ru/c2*1-6(9)5-7(10)8(2,3)4;1-2-7-4-3-6(1)5-7;;;/h2*5,9H,1-4H3;1-4,6-7H,5H2;2*1H3;/q;;;2*-1;+2. The number of aliphatic hydroxyl groups is 2. The summed E-state index contributed by atoms with van der Waals surface area (Å²) in [5.74, 6) is 1.66. The molecule has 2 aliphatic rings. The van der Waals surface area contributed by atoms with Crippen LogP contribution in [0, 0.1) is 37.5 Å². The number of carbonyl (C=O) groups excluding carboxylic acids is 2. The van der Waals surface area contributed by atoms with E-state index in [9.17, 15) is 9.59 Å². The average molecular weight is 508 g/mol. The van der Waals surface area contributed by atoms with Crippen molar-refractivity contribution in [3.8, 4) is 0 Å². The van der Waals surface area contributed by atoms with Gasteiger partial charge in [0.2, 0.25) is 0 Å². The molecule has 30 heavy (non-hydrogen) atoms. The number of allylic oxidation sites excluding steroid dienone is 8. The fourth-order valence-corrected chi connectivity index (χ4v) is 2.14. The van der Waals surface area contributed by atoms with Crippen LogP contribution < -0.4 is 0 Å². The summed E-state index contributed by atoms with van der Waals surface area (Å²) in [7, 11) is 0. The van der Waals surface area contributed by atoms with E-state index < -0.39 is 0 Å². The molecule has 5 heteroatoms. The number of aliphatic hydroxyl groups excluding tert-OH is 2. The molecule has 0 unspecified atom stereocenters. The third kappa shape index (κ3) is 16.3. The Morgan fingerprint density at radius 1 is 0.733 bits per heavy atom. The minimum Gasteiger partial charge on any atom is -0.512 e. The monoisotopic (exact) mass is 508 g/mol. The van der Waals surface area contributed by atoms with E-state index in [1.54, 1.807) is 0 Å². The summed E-state index contributed by atoms with van der Waals surface area (Å²) in [5, 5.41) is 17.5. The predicted molar refractivity (Wildman–Crippen MR) is 124 cm³/mol. The topological polar surface area (TPSA) is 74.6 Å². The van der Waals surface area contributed by atoms with Gasteiger partial charge in [-0.1, -0.05) is 65.8 Å². The van der Waals surface area contributed by atoms with E-state index in [-0.39, 0.29) is 68.2 Å². The molecule has 0 aromatic heterocycles. The van der Waals surface area contributed by atoms with Crippen LogP contribution in [0.5, 0.6) is 0 Å². The summed E-state index contributed by atoms with van der Waals surface area (Å²) in [6.45, 7) is 13.9. The Labute approximate surface area is 198 Å². The number of rotatable bonds is 2. The van der Waals surface area contributed by atoms with E-state index in [1.165, 1.54) is 32.4 Å². The first-order chi connectivity index (χ1) is 12.1. The second-order valence-electron chi connectivity index (χ2n) is 9.13. The second-order valence-corrected chi connectivity index (χ2v) is 9.13. The number of fused-ring (bicyclic) bond motifs is 2. The van der Waals surface area contributed by atoms with Crippen molar-refractivity contribution in [1.82, 2.24) is 0 Å². The van der Waals surface area contributed by atoms with Crippen molar-refractivity contribution in [3.05, 3.63) is 62.8 Å². The van der Waals surface area contributed by atoms with Crippen molar-refractivity contribution in [2.24, 2.45) is 22.7 Å². The van der Waals surface area contributed by atoms with Crippen LogP contribution in [0.4, 0.5) is 0 Å². The van der Waals surface area contributed by atoms with E-state index >= 15 is 0 Å². The minimum atomic E-state index is -0.385. The fourth-order valence-electron chi connectivity index (χ4n) is 2.14. The summed E-state index contributed by atoms with van der Waals surface area (Å²) in [6.07, 6.45) is 13.0. The molecule has 0 atom stereocenters. The Hall–Kier alpha value is -1.48. The second kappa shape index (κ2) is 15.3. The van der Waals surface area contributed by atoms with Gasteiger partial charge in [0.15, 0.2) is 11.6 Å². The Bertz CT molecular complexity index is 565. The molecular weight excluding hydrogens is 465 g/mol. The first-order valence-electron chi connectivity index (χ1n) is 9.33. The summed E-state index contributed by atoms with van der Waals surface area (Å²) in [4.78, 5) is 22.1. The molecule has 0 aliphatic heterocycles. The maximum atomic E-state index is 11.0. The third-order valence-corrected chi connectivity index (χ3v) is 3.91. The van der Waals surface area contributed by atoms with Gasteiger partial charge in [0.05, 0.1) is 11.5 Å². The molecule has 0 fully saturated rings. The molecule has 2 aliphatic carbocycles. The first kappa shape index (κ1) is 35.9. The Balaban J connectivity index is -0.000000162. The molecule has 0 heterocycles. The molecule has 0 radical (unpaired) electrons. The molecule has 4 nitrogen and oxygen atoms in total. The summed E-state index contributed by atoms with van der Waals surface area (Å²) >= 11 is 0. The van der Waals surface area contributed by atoms with E-state index in [2.05, 4.69) is 24.3 Å². The number of ketones is 2. The zero-order valence-corrected chi connectivity index (χ0v) is 22.1. The quantitative estimate of drug-likeness (QED) is 0.142. The maximum Gasteiger partial charge on any atom is 2.00 e. The van der Waals surface area contributed by atoms with Gasteiger partial charge in [-0.25, -0.2) is 0 Å². The molecule has 2 N–H and O–H groups in total. The van der Waals surface area contributed by atoms with Crippen molar-refractivity contribution < 1.29 is 39.3 Å². The normalized spacial score (nSPS) is 19.1. The van der Waals surface area contributed by atoms with E-state index in [1.807, 2.05) is 41.5 Å². The Morgan fingerprint density at radius 2 is 0.967 bits per heavy atom. The van der Waals surface area contributed by atoms with Gasteiger partial charge in [0, 0.05) is 23.0 Å². The average Bonchev–Trinajstić information content (AvgIpc) is 3.10. The molecule has 2 bridgehead atoms. The summed E-state index contributed by atoms with van der Waals surface area (Å²) in [5.41, 5.74) is -0.770. The fraction of sp³-hybridized carbons (Fsp3) is 0.520. The van der Waals surface area contributed by atoms with Crippen LogP contribution in [0.1, 0.15) is 61.8 Å². The predicted octanol–water partition coefficient (Wildman–Crippen LogP) is 6.77. The molecule has 0 aromatic rings. The Morgan fingerprint density at radius 3 is 1.03 bits per heavy atom. The van der Waals surface area contributed by atoms with Crippen molar-refractivity contribution in [3.63, 3.8) is 0 Å². The molecule has 0 saturated carbocycles. The van der Waals surface area contributed by atoms with Crippen molar-refractivity contribution in [2.75, 3.05) is 0 Å². The van der Waals surface area contributed by atoms with E-state index in [0.29, 0.717) is 0 Å². The zero-order chi connectivity index (χ0) is 21.4. The molecular formula is C25H42O4Ru. The van der Waals surface area contributed by atoms with Crippen LogP contribution in [-0.4, -0.2) is 21.8 Å². The van der Waals surface area contributed by atoms with Gasteiger partial charge >= 0.3 is 19.5 Å². The van der Waals surface area contributed by atoms with Crippen LogP contribution in [0.3, 0.4) is 0 Å². The van der Waals surface area contributed by atoms with Gasteiger partial charge in [0.1, 0.15) is 0 Å². The number of hydrogen-bond donors (Lipinski definition) is 2. The largest absolute Gasteiger partial charge is 2.00 e. The molecule has 0 saturated heterocycles. The third-order valence-electron chi connectivity index (χ3n) is 3.91. The van der Waals surface area contributed by atoms with Crippen LogP contribution >= 0.6 is 0 Å².